The van der Waals surface area contributed by atoms with E-state index in [0.717, 1.165) is 32.2 Å². The molecule has 0 aliphatic heterocycles. The maximum absolute atomic E-state index is 10.4. The van der Waals surface area contributed by atoms with Gasteiger partial charge in [-0.15, -0.1) is 0 Å². The van der Waals surface area contributed by atoms with Crippen molar-refractivity contribution in [2.45, 2.75) is 64.0 Å². The first-order valence-electron chi connectivity index (χ1n) is 7.20. The molecule has 0 radical (unpaired) electrons. The van der Waals surface area contributed by atoms with Crippen molar-refractivity contribution >= 4 is 0 Å². The van der Waals surface area contributed by atoms with E-state index in [-0.39, 0.29) is 0 Å². The summed E-state index contributed by atoms with van der Waals surface area (Å²) < 4.78 is 0. The topological polar surface area (TPSA) is 49.5 Å². The Morgan fingerprint density at radius 3 is 2.59 bits per heavy atom. The van der Waals surface area contributed by atoms with Gasteiger partial charge in [-0.25, -0.2) is 0 Å². The zero-order chi connectivity index (χ0) is 12.9. The second-order valence-corrected chi connectivity index (χ2v) is 5.64. The predicted molar refractivity (Wildman–Crippen MR) is 73.0 cm³/mol. The summed E-state index contributed by atoms with van der Waals surface area (Å²) in [7, 11) is 2.20. The molecule has 0 amide bonds. The van der Waals surface area contributed by atoms with Crippen LogP contribution in [0.25, 0.3) is 0 Å². The molecular formula is C14H30N2O. The lowest BCUT2D eigenvalue weighted by Crippen LogP contribution is -2.43. The Morgan fingerprint density at radius 1 is 1.41 bits per heavy atom. The zero-order valence-corrected chi connectivity index (χ0v) is 11.8. The van der Waals surface area contributed by atoms with Crippen LogP contribution in [0.3, 0.4) is 0 Å². The van der Waals surface area contributed by atoms with Crippen LogP contribution in [-0.2, 0) is 0 Å². The Morgan fingerprint density at radius 2 is 2.06 bits per heavy atom. The summed E-state index contributed by atoms with van der Waals surface area (Å²) in [6.45, 7) is 6.00. The molecule has 102 valence electrons. The fourth-order valence-corrected chi connectivity index (χ4v) is 3.26. The summed E-state index contributed by atoms with van der Waals surface area (Å²) >= 11 is 0. The third-order valence-corrected chi connectivity index (χ3v) is 4.67. The summed E-state index contributed by atoms with van der Waals surface area (Å²) in [6.07, 6.45) is 6.67. The summed E-state index contributed by atoms with van der Waals surface area (Å²) in [5.41, 5.74) is 5.14. The normalized spacial score (nSPS) is 29.5. The summed E-state index contributed by atoms with van der Waals surface area (Å²) in [6, 6.07) is 0.683. The highest BCUT2D eigenvalue weighted by Gasteiger charge is 2.39. The lowest BCUT2D eigenvalue weighted by molar-refractivity contribution is 0.00395. The molecule has 17 heavy (non-hydrogen) atoms. The quantitative estimate of drug-likeness (QED) is 0.718. The molecule has 0 aromatic carbocycles. The molecule has 0 saturated heterocycles. The van der Waals surface area contributed by atoms with Gasteiger partial charge in [0.1, 0.15) is 0 Å². The van der Waals surface area contributed by atoms with Gasteiger partial charge >= 0.3 is 0 Å². The van der Waals surface area contributed by atoms with E-state index in [4.69, 9.17) is 5.73 Å². The second kappa shape index (κ2) is 6.72. The van der Waals surface area contributed by atoms with E-state index < -0.39 is 5.60 Å². The highest BCUT2D eigenvalue weighted by molar-refractivity contribution is 4.93. The van der Waals surface area contributed by atoms with Gasteiger partial charge in [-0.2, -0.15) is 0 Å². The van der Waals surface area contributed by atoms with Crippen LogP contribution in [0.5, 0.6) is 0 Å². The van der Waals surface area contributed by atoms with Crippen LogP contribution in [0.1, 0.15) is 52.4 Å². The lowest BCUT2D eigenvalue weighted by atomic mass is 9.88. The maximum atomic E-state index is 10.4. The Balaban J connectivity index is 2.39. The molecule has 3 N–H and O–H groups in total. The van der Waals surface area contributed by atoms with Crippen molar-refractivity contribution in [2.24, 2.45) is 11.7 Å². The van der Waals surface area contributed by atoms with E-state index in [1.807, 2.05) is 0 Å². The van der Waals surface area contributed by atoms with Gasteiger partial charge in [0.15, 0.2) is 0 Å². The first-order chi connectivity index (χ1) is 8.07. The molecule has 0 heterocycles. The minimum Gasteiger partial charge on any atom is -0.388 e. The van der Waals surface area contributed by atoms with Crippen molar-refractivity contribution in [3.8, 4) is 0 Å². The first kappa shape index (κ1) is 14.9. The average Bonchev–Trinajstić information content (AvgIpc) is 2.70. The third-order valence-electron chi connectivity index (χ3n) is 4.67. The summed E-state index contributed by atoms with van der Waals surface area (Å²) in [5, 5.41) is 10.4. The van der Waals surface area contributed by atoms with Gasteiger partial charge in [0.2, 0.25) is 0 Å². The molecule has 2 unspecified atom stereocenters. The number of hydrogen-bond acceptors (Lipinski definition) is 3. The maximum Gasteiger partial charge on any atom is 0.0797 e. The van der Waals surface area contributed by atoms with Crippen LogP contribution in [0.15, 0.2) is 0 Å². The smallest absolute Gasteiger partial charge is 0.0797 e. The van der Waals surface area contributed by atoms with E-state index in [0.29, 0.717) is 18.5 Å². The van der Waals surface area contributed by atoms with Crippen LogP contribution < -0.4 is 5.73 Å². The molecule has 2 atom stereocenters. The molecule has 0 aromatic heterocycles. The number of aliphatic hydroxyl groups is 1. The molecule has 0 bridgehead atoms. The SMILES string of the molecule is CCC(CC)N(C)CCC1CCCC1(O)CN. The van der Waals surface area contributed by atoms with Gasteiger partial charge in [0, 0.05) is 12.6 Å². The molecule has 1 aliphatic carbocycles. The van der Waals surface area contributed by atoms with Gasteiger partial charge in [-0.05, 0) is 51.6 Å². The van der Waals surface area contributed by atoms with Crippen molar-refractivity contribution in [2.75, 3.05) is 20.1 Å². The largest absolute Gasteiger partial charge is 0.388 e. The molecular weight excluding hydrogens is 212 g/mol. The molecule has 0 spiro atoms. The fourth-order valence-electron chi connectivity index (χ4n) is 3.26. The standard InChI is InChI=1S/C14H30N2O/c1-4-13(5-2)16(3)10-8-12-7-6-9-14(12,17)11-15/h12-13,17H,4-11,15H2,1-3H3. The number of nitrogens with two attached hydrogens (primary N) is 1. The van der Waals surface area contributed by atoms with Crippen molar-refractivity contribution in [1.82, 2.24) is 4.90 Å². The Labute approximate surface area is 106 Å². The first-order valence-corrected chi connectivity index (χ1v) is 7.20. The third kappa shape index (κ3) is 3.67. The summed E-state index contributed by atoms with van der Waals surface area (Å²) in [5.74, 6) is 0.407. The highest BCUT2D eigenvalue weighted by atomic mass is 16.3. The van der Waals surface area contributed by atoms with Gasteiger partial charge in [0.05, 0.1) is 5.60 Å². The molecule has 1 fully saturated rings. The Bertz CT molecular complexity index is 218. The number of nitrogens with zero attached hydrogens (tertiary/aromatic N) is 1. The molecule has 1 aliphatic rings. The minimum absolute atomic E-state index is 0.407. The van der Waals surface area contributed by atoms with Gasteiger partial charge in [-0.3, -0.25) is 0 Å². The minimum atomic E-state index is -0.575. The van der Waals surface area contributed by atoms with Crippen molar-refractivity contribution in [3.05, 3.63) is 0 Å². The van der Waals surface area contributed by atoms with E-state index in [9.17, 15) is 5.11 Å². The van der Waals surface area contributed by atoms with E-state index in [1.165, 1.54) is 12.8 Å². The molecule has 3 heteroatoms. The van der Waals surface area contributed by atoms with Crippen molar-refractivity contribution in [1.29, 1.82) is 0 Å². The second-order valence-electron chi connectivity index (χ2n) is 5.64. The van der Waals surface area contributed by atoms with Crippen LogP contribution in [-0.4, -0.2) is 41.8 Å². The van der Waals surface area contributed by atoms with Crippen LogP contribution >= 0.6 is 0 Å². The van der Waals surface area contributed by atoms with Gasteiger partial charge in [0.25, 0.3) is 0 Å². The van der Waals surface area contributed by atoms with Crippen LogP contribution in [0.2, 0.25) is 0 Å². The van der Waals surface area contributed by atoms with Gasteiger partial charge < -0.3 is 15.7 Å². The highest BCUT2D eigenvalue weighted by Crippen LogP contribution is 2.37. The van der Waals surface area contributed by atoms with Crippen molar-refractivity contribution < 1.29 is 5.11 Å². The predicted octanol–water partition coefficient (Wildman–Crippen LogP) is 1.99. The Hall–Kier alpha value is -0.120. The zero-order valence-electron chi connectivity index (χ0n) is 11.8. The molecule has 1 rings (SSSR count). The van der Waals surface area contributed by atoms with Crippen molar-refractivity contribution in [3.63, 3.8) is 0 Å². The van der Waals surface area contributed by atoms with Crippen LogP contribution in [0, 0.1) is 5.92 Å². The molecule has 0 aromatic rings. The monoisotopic (exact) mass is 242 g/mol. The van der Waals surface area contributed by atoms with Crippen LogP contribution in [0.4, 0.5) is 0 Å². The van der Waals surface area contributed by atoms with E-state index in [2.05, 4.69) is 25.8 Å². The number of rotatable bonds is 7. The average molecular weight is 242 g/mol. The summed E-state index contributed by atoms with van der Waals surface area (Å²) in [4.78, 5) is 2.44. The van der Waals surface area contributed by atoms with Gasteiger partial charge in [-0.1, -0.05) is 20.3 Å². The van der Waals surface area contributed by atoms with E-state index >= 15 is 0 Å². The molecule has 1 saturated carbocycles. The lowest BCUT2D eigenvalue weighted by Gasteiger charge is -2.32. The van der Waals surface area contributed by atoms with E-state index in [1.54, 1.807) is 0 Å². The Kier molecular flexibility index (Phi) is 5.90. The molecule has 3 nitrogen and oxygen atoms in total. The number of hydrogen-bond donors (Lipinski definition) is 2. The fraction of sp³-hybridized carbons (Fsp3) is 1.00.